The molecule has 0 spiro atoms. The van der Waals surface area contributed by atoms with Crippen molar-refractivity contribution < 1.29 is 8.83 Å². The molecule has 96 heavy (non-hydrogen) atoms. The molecule has 5 aromatic heterocycles. The molecule has 8 heteroatoms. The van der Waals surface area contributed by atoms with Gasteiger partial charge in [0.25, 0.3) is 0 Å². The van der Waals surface area contributed by atoms with Gasteiger partial charge in [-0.3, -0.25) is 0 Å². The van der Waals surface area contributed by atoms with Crippen LogP contribution in [-0.2, 0) is 0 Å². The molecule has 0 N–H and O–H groups in total. The van der Waals surface area contributed by atoms with Crippen molar-refractivity contribution in [2.75, 3.05) is 0 Å². The van der Waals surface area contributed by atoms with Crippen molar-refractivity contribution in [2.24, 2.45) is 0 Å². The maximum absolute atomic E-state index is 9.77. The van der Waals surface area contributed by atoms with Crippen LogP contribution in [0.2, 0.25) is 0 Å². The summed E-state index contributed by atoms with van der Waals surface area (Å²) >= 11 is 0. The summed E-state index contributed by atoms with van der Waals surface area (Å²) < 4.78 is 19.2. The Labute approximate surface area is 551 Å². The molecule has 0 bridgehead atoms. The second-order valence-electron chi connectivity index (χ2n) is 24.4. The lowest BCUT2D eigenvalue weighted by atomic mass is 9.93. The van der Waals surface area contributed by atoms with Crippen LogP contribution in [0.25, 0.3) is 194 Å². The molecule has 0 radical (unpaired) electrons. The van der Waals surface area contributed by atoms with E-state index in [0.717, 1.165) is 160 Å². The first-order valence-electron chi connectivity index (χ1n) is 32.2. The quantitative estimate of drug-likeness (QED) is 0.128. The average Bonchev–Trinajstić information content (AvgIpc) is 1.53. The van der Waals surface area contributed by atoms with Crippen molar-refractivity contribution >= 4 is 93.2 Å². The summed E-state index contributed by atoms with van der Waals surface area (Å²) in [4.78, 5) is 20.9. The summed E-state index contributed by atoms with van der Waals surface area (Å²) in [6.45, 7) is 9.77. The van der Waals surface area contributed by atoms with E-state index in [9.17, 15) is 6.57 Å². The number of fused-ring (bicyclic) bond motifs is 14. The molecule has 0 aliphatic carbocycles. The Morgan fingerprint density at radius 3 is 1.00 bits per heavy atom. The van der Waals surface area contributed by atoms with Crippen molar-refractivity contribution in [1.29, 1.82) is 0 Å². The maximum Gasteiger partial charge on any atom is 0.213 e. The van der Waals surface area contributed by atoms with Crippen LogP contribution in [0, 0.1) is 6.57 Å². The predicted molar refractivity (Wildman–Crippen MR) is 393 cm³/mol. The first-order chi connectivity index (χ1) is 47.6. The van der Waals surface area contributed by atoms with Gasteiger partial charge in [-0.1, -0.05) is 237 Å². The van der Waals surface area contributed by atoms with E-state index >= 15 is 0 Å². The summed E-state index contributed by atoms with van der Waals surface area (Å²) in [7, 11) is 0. The van der Waals surface area contributed by atoms with Crippen molar-refractivity contribution in [3.05, 3.63) is 327 Å². The van der Waals surface area contributed by atoms with Crippen LogP contribution in [0.1, 0.15) is 0 Å². The Kier molecular flexibility index (Phi) is 12.5. The largest absolute Gasteiger partial charge is 0.455 e. The fourth-order valence-electron chi connectivity index (χ4n) is 14.6. The van der Waals surface area contributed by atoms with E-state index < -0.39 is 0 Å². The van der Waals surface area contributed by atoms with Crippen molar-refractivity contribution in [1.82, 2.24) is 24.1 Å². The SMILES string of the molecule is [C-]#[N+]c1cc(-c2nc(-c3ccccc3)nc(-c3ccccc3)n2)c(-c2ccccc2)c(-n2c3ccc(-c4ccccc4)cc3c3c4oc5ccc(-c6ccccc6)cc5c4ccc32)c1-n1c2ccc(-c3ccccc3)cc2c2c3oc4ccc(-c5ccccc5)cc4c3ccc21. The van der Waals surface area contributed by atoms with Crippen molar-refractivity contribution in [2.45, 2.75) is 0 Å². The maximum atomic E-state index is 9.77. The van der Waals surface area contributed by atoms with Crippen molar-refractivity contribution in [3.8, 4) is 101 Å². The molecule has 19 aromatic rings. The Morgan fingerprint density at radius 2 is 0.604 bits per heavy atom. The number of hydrogen-bond acceptors (Lipinski definition) is 5. The lowest BCUT2D eigenvalue weighted by Gasteiger charge is -2.25. The second-order valence-corrected chi connectivity index (χ2v) is 24.4. The van der Waals surface area contributed by atoms with Gasteiger partial charge < -0.3 is 18.0 Å². The van der Waals surface area contributed by atoms with Crippen LogP contribution in [0.4, 0.5) is 5.69 Å². The fraction of sp³-hybridized carbons (Fsp3) is 0. The van der Waals surface area contributed by atoms with Gasteiger partial charge in [-0.05, 0) is 129 Å². The Morgan fingerprint density at radius 1 is 0.271 bits per heavy atom. The van der Waals surface area contributed by atoms with Gasteiger partial charge >= 0.3 is 0 Å². The van der Waals surface area contributed by atoms with Crippen LogP contribution in [0.3, 0.4) is 0 Å². The topological polar surface area (TPSA) is 79.2 Å². The molecule has 8 nitrogen and oxygen atoms in total. The molecular formula is C88H52N6O2. The average molecular weight is 1230 g/mol. The lowest BCUT2D eigenvalue weighted by Crippen LogP contribution is -2.09. The van der Waals surface area contributed by atoms with Crippen LogP contribution in [0.15, 0.2) is 324 Å². The zero-order valence-electron chi connectivity index (χ0n) is 51.5. The van der Waals surface area contributed by atoms with Crippen LogP contribution < -0.4 is 0 Å². The Hall–Kier alpha value is -13.2. The van der Waals surface area contributed by atoms with Gasteiger partial charge in [0.05, 0.1) is 50.8 Å². The van der Waals surface area contributed by atoms with E-state index in [-0.39, 0.29) is 0 Å². The molecule has 0 saturated carbocycles. The normalized spacial score (nSPS) is 11.7. The minimum Gasteiger partial charge on any atom is -0.455 e. The highest BCUT2D eigenvalue weighted by Gasteiger charge is 2.32. The molecule has 0 amide bonds. The molecule has 0 atom stereocenters. The zero-order chi connectivity index (χ0) is 63.4. The smallest absolute Gasteiger partial charge is 0.213 e. The molecule has 14 aromatic carbocycles. The highest BCUT2D eigenvalue weighted by atomic mass is 16.3. The first-order valence-corrected chi connectivity index (χ1v) is 32.2. The standard InChI is InChI=1S/C88H52N6O2/c1-89-72-53-71(88-91-86(59-33-19-7-20-34-59)90-87(92-88)60-35-21-8-22-36-60)79(58-31-17-6-18-32-58)83(94-74-44-38-62(55-25-11-3-12-26-55)52-70(74)81-76(94)46-42-66-68-50-64(57-29-15-5-16-30-57)40-48-78(68)96-85(66)81)82(72)93-73-43-37-61(54-23-9-2-10-24-54)51-69(73)80-75(93)45-41-65-67-49-63(56-27-13-4-14-28-56)39-47-77(67)95-84(65)80/h2-53H. The summed E-state index contributed by atoms with van der Waals surface area (Å²) in [5.41, 5.74) is 21.1. The molecule has 0 fully saturated rings. The molecule has 0 aliphatic rings. The number of nitrogens with zero attached hydrogens (tertiary/aromatic N) is 6. The Balaban J connectivity index is 1.000. The molecule has 0 saturated heterocycles. The van der Waals surface area contributed by atoms with Gasteiger partial charge in [-0.15, -0.1) is 0 Å². The monoisotopic (exact) mass is 1220 g/mol. The van der Waals surface area contributed by atoms with Gasteiger partial charge in [0.2, 0.25) is 5.69 Å². The van der Waals surface area contributed by atoms with E-state index in [2.05, 4.69) is 246 Å². The van der Waals surface area contributed by atoms with E-state index in [1.54, 1.807) is 0 Å². The van der Waals surface area contributed by atoms with Gasteiger partial charge in [-0.2, -0.15) is 0 Å². The molecular weight excluding hydrogens is 1170 g/mol. The molecule has 0 unspecified atom stereocenters. The van der Waals surface area contributed by atoms with E-state index in [1.165, 1.54) is 0 Å². The van der Waals surface area contributed by atoms with Gasteiger partial charge in [0.15, 0.2) is 17.5 Å². The number of aromatic nitrogens is 5. The third kappa shape index (κ3) is 8.72. The third-order valence-corrected chi connectivity index (χ3v) is 19.0. The second kappa shape index (κ2) is 22.0. The number of benzene rings is 14. The first kappa shape index (κ1) is 54.5. The Bertz CT molecular complexity index is 6290. The van der Waals surface area contributed by atoms with E-state index in [4.69, 9.17) is 28.6 Å². The summed E-state index contributed by atoms with van der Waals surface area (Å²) in [6, 6.07) is 110. The molecule has 5 heterocycles. The van der Waals surface area contributed by atoms with Crippen LogP contribution in [-0.4, -0.2) is 24.1 Å². The third-order valence-electron chi connectivity index (χ3n) is 19.0. The lowest BCUT2D eigenvalue weighted by molar-refractivity contribution is 0.672. The summed E-state index contributed by atoms with van der Waals surface area (Å²) in [6.07, 6.45) is 0. The number of furan rings is 2. The van der Waals surface area contributed by atoms with Crippen LogP contribution in [0.5, 0.6) is 0 Å². The van der Waals surface area contributed by atoms with Crippen molar-refractivity contribution in [3.63, 3.8) is 0 Å². The van der Waals surface area contributed by atoms with E-state index in [1.807, 2.05) is 78.9 Å². The van der Waals surface area contributed by atoms with Gasteiger partial charge in [0, 0.05) is 54.6 Å². The molecule has 446 valence electrons. The predicted octanol–water partition coefficient (Wildman–Crippen LogP) is 23.8. The van der Waals surface area contributed by atoms with Gasteiger partial charge in [0.1, 0.15) is 22.3 Å². The highest BCUT2D eigenvalue weighted by molar-refractivity contribution is 6.27. The van der Waals surface area contributed by atoms with Gasteiger partial charge in [-0.25, -0.2) is 19.8 Å². The summed E-state index contributed by atoms with van der Waals surface area (Å²) in [5, 5.41) is 7.83. The number of hydrogen-bond donors (Lipinski definition) is 0. The minimum absolute atomic E-state index is 0.375. The van der Waals surface area contributed by atoms with Crippen LogP contribution >= 0.6 is 0 Å². The number of rotatable bonds is 10. The highest BCUT2D eigenvalue weighted by Crippen LogP contribution is 2.53. The molecule has 0 aliphatic heterocycles. The fourth-order valence-corrected chi connectivity index (χ4v) is 14.6. The summed E-state index contributed by atoms with van der Waals surface area (Å²) in [5.74, 6) is 1.42. The zero-order valence-corrected chi connectivity index (χ0v) is 51.5. The molecule has 19 rings (SSSR count). The van der Waals surface area contributed by atoms with E-state index in [0.29, 0.717) is 34.4 Å². The minimum atomic E-state index is 0.375.